The van der Waals surface area contributed by atoms with Crippen molar-refractivity contribution in [3.63, 3.8) is 0 Å². The van der Waals surface area contributed by atoms with E-state index < -0.39 is 10.0 Å². The zero-order valence-corrected chi connectivity index (χ0v) is 15.9. The molecule has 2 heterocycles. The normalized spacial score (nSPS) is 19.0. The predicted octanol–water partition coefficient (Wildman–Crippen LogP) is -0.608. The van der Waals surface area contributed by atoms with Crippen molar-refractivity contribution in [2.45, 2.75) is 17.7 Å². The maximum atomic E-state index is 12.4. The van der Waals surface area contributed by atoms with Gasteiger partial charge >= 0.3 is 0 Å². The summed E-state index contributed by atoms with van der Waals surface area (Å²) in [5.74, 6) is -0.866. The minimum atomic E-state index is -3.87. The molecule has 0 unspecified atom stereocenters. The highest BCUT2D eigenvalue weighted by Crippen LogP contribution is 2.23. The fourth-order valence-electron chi connectivity index (χ4n) is 3.05. The van der Waals surface area contributed by atoms with Crippen molar-refractivity contribution >= 4 is 33.4 Å². The summed E-state index contributed by atoms with van der Waals surface area (Å²) in [4.78, 5) is 40.4. The zero-order valence-electron chi connectivity index (χ0n) is 15.1. The van der Waals surface area contributed by atoms with Crippen LogP contribution in [0.4, 0.5) is 5.69 Å². The highest BCUT2D eigenvalue weighted by atomic mass is 32.2. The summed E-state index contributed by atoms with van der Waals surface area (Å²) in [5.41, 5.74) is 0.343. The van der Waals surface area contributed by atoms with E-state index in [0.717, 1.165) is 18.0 Å². The minimum Gasteiger partial charge on any atom is -0.339 e. The highest BCUT2D eigenvalue weighted by Gasteiger charge is 2.30. The zero-order chi connectivity index (χ0) is 19.6. The third-order valence-corrected chi connectivity index (χ3v) is 6.14. The number of sulfonamides is 1. The lowest BCUT2D eigenvalue weighted by Gasteiger charge is -2.32. The molecule has 0 aliphatic carbocycles. The van der Waals surface area contributed by atoms with E-state index in [-0.39, 0.29) is 42.0 Å². The minimum absolute atomic E-state index is 0.0310. The monoisotopic (exact) mass is 394 g/mol. The molecule has 10 heteroatoms. The number of carbonyl (C=O) groups excluding carboxylic acids is 3. The Morgan fingerprint density at radius 1 is 1.00 bits per heavy atom. The summed E-state index contributed by atoms with van der Waals surface area (Å²) in [7, 11) is -1.90. The molecule has 1 N–H and O–H groups in total. The lowest BCUT2D eigenvalue weighted by molar-refractivity contribution is -0.131. The quantitative estimate of drug-likeness (QED) is 0.668. The van der Waals surface area contributed by atoms with E-state index in [1.165, 1.54) is 24.3 Å². The Morgan fingerprint density at radius 2 is 1.56 bits per heavy atom. The maximum Gasteiger partial charge on any atom is 0.241 e. The molecule has 2 fully saturated rings. The van der Waals surface area contributed by atoms with Gasteiger partial charge in [-0.25, -0.2) is 13.1 Å². The predicted molar refractivity (Wildman–Crippen MR) is 97.4 cm³/mol. The van der Waals surface area contributed by atoms with Crippen LogP contribution in [0, 0.1) is 0 Å². The first-order valence-electron chi connectivity index (χ1n) is 8.70. The smallest absolute Gasteiger partial charge is 0.241 e. The van der Waals surface area contributed by atoms with Gasteiger partial charge < -0.3 is 9.80 Å². The van der Waals surface area contributed by atoms with Crippen LogP contribution in [0.3, 0.4) is 0 Å². The number of nitrogens with one attached hydrogen (secondary N) is 1. The fourth-order valence-corrected chi connectivity index (χ4v) is 4.02. The SMILES string of the molecule is CN1CCN(C(=O)CNS(=O)(=O)c2ccc(N3C(=O)CCC3=O)cc2)CC1. The van der Waals surface area contributed by atoms with Crippen LogP contribution in [-0.4, -0.2) is 75.7 Å². The van der Waals surface area contributed by atoms with Crippen molar-refractivity contribution in [1.29, 1.82) is 0 Å². The molecule has 0 spiro atoms. The molecule has 27 heavy (non-hydrogen) atoms. The standard InChI is InChI=1S/C17H22N4O5S/c1-19-8-10-20(11-9-19)17(24)12-18-27(25,26)14-4-2-13(3-5-14)21-15(22)6-7-16(21)23/h2-5,18H,6-12H2,1H3. The van der Waals surface area contributed by atoms with Gasteiger partial charge in [-0.2, -0.15) is 0 Å². The van der Waals surface area contributed by atoms with Crippen LogP contribution in [0.1, 0.15) is 12.8 Å². The number of likely N-dealkylation sites (N-methyl/N-ethyl adjacent to an activating group) is 1. The summed E-state index contributed by atoms with van der Waals surface area (Å²) in [5, 5.41) is 0. The Kier molecular flexibility index (Phi) is 5.59. The largest absolute Gasteiger partial charge is 0.339 e. The maximum absolute atomic E-state index is 12.4. The molecule has 1 aromatic carbocycles. The van der Waals surface area contributed by atoms with Crippen molar-refractivity contribution in [1.82, 2.24) is 14.5 Å². The third kappa shape index (κ3) is 4.34. The second-order valence-corrected chi connectivity index (χ2v) is 8.39. The molecule has 1 aromatic rings. The molecule has 2 aliphatic rings. The molecule has 9 nitrogen and oxygen atoms in total. The van der Waals surface area contributed by atoms with Gasteiger partial charge in [0.25, 0.3) is 0 Å². The summed E-state index contributed by atoms with van der Waals surface area (Å²) in [6, 6.07) is 5.46. The van der Waals surface area contributed by atoms with E-state index in [2.05, 4.69) is 9.62 Å². The van der Waals surface area contributed by atoms with E-state index in [1.54, 1.807) is 4.90 Å². The Balaban J connectivity index is 1.62. The average molecular weight is 394 g/mol. The number of nitrogens with zero attached hydrogens (tertiary/aromatic N) is 3. The van der Waals surface area contributed by atoms with E-state index in [0.29, 0.717) is 18.8 Å². The van der Waals surface area contributed by atoms with E-state index in [4.69, 9.17) is 0 Å². The number of anilines is 1. The first-order chi connectivity index (χ1) is 12.8. The van der Waals surface area contributed by atoms with Crippen molar-refractivity contribution in [2.24, 2.45) is 0 Å². The summed E-state index contributed by atoms with van der Waals surface area (Å²) >= 11 is 0. The van der Waals surface area contributed by atoms with E-state index in [1.807, 2.05) is 7.05 Å². The molecule has 146 valence electrons. The molecule has 0 atom stereocenters. The number of hydrogen-bond acceptors (Lipinski definition) is 6. The van der Waals surface area contributed by atoms with Crippen molar-refractivity contribution in [2.75, 3.05) is 44.7 Å². The first-order valence-corrected chi connectivity index (χ1v) is 10.2. The van der Waals surface area contributed by atoms with Gasteiger partial charge in [-0.05, 0) is 31.3 Å². The average Bonchev–Trinajstić information content (AvgIpc) is 2.99. The molecular formula is C17H22N4O5S. The second kappa shape index (κ2) is 7.75. The van der Waals surface area contributed by atoms with Crippen LogP contribution in [-0.2, 0) is 24.4 Å². The highest BCUT2D eigenvalue weighted by molar-refractivity contribution is 7.89. The molecular weight excluding hydrogens is 372 g/mol. The lowest BCUT2D eigenvalue weighted by Crippen LogP contribution is -2.50. The van der Waals surface area contributed by atoms with Gasteiger partial charge in [-0.1, -0.05) is 0 Å². The molecule has 0 radical (unpaired) electrons. The van der Waals surface area contributed by atoms with Crippen LogP contribution in [0.2, 0.25) is 0 Å². The van der Waals surface area contributed by atoms with Crippen LogP contribution >= 0.6 is 0 Å². The second-order valence-electron chi connectivity index (χ2n) is 6.63. The molecule has 0 aromatic heterocycles. The summed E-state index contributed by atoms with van der Waals surface area (Å²) < 4.78 is 27.1. The lowest BCUT2D eigenvalue weighted by atomic mass is 10.3. The van der Waals surface area contributed by atoms with Gasteiger partial charge in [0.1, 0.15) is 0 Å². The Hall–Kier alpha value is -2.30. The summed E-state index contributed by atoms with van der Waals surface area (Å²) in [6.07, 6.45) is 0.323. The molecule has 2 aliphatic heterocycles. The Morgan fingerprint density at radius 3 is 2.11 bits per heavy atom. The number of amides is 3. The molecule has 0 bridgehead atoms. The van der Waals surface area contributed by atoms with Gasteiger partial charge in [0.15, 0.2) is 0 Å². The van der Waals surface area contributed by atoms with Crippen LogP contribution < -0.4 is 9.62 Å². The Bertz CT molecular complexity index is 829. The van der Waals surface area contributed by atoms with E-state index >= 15 is 0 Å². The Labute approximate surface area is 158 Å². The number of rotatable bonds is 5. The van der Waals surface area contributed by atoms with Crippen LogP contribution in [0.5, 0.6) is 0 Å². The van der Waals surface area contributed by atoms with Gasteiger partial charge in [-0.15, -0.1) is 0 Å². The van der Waals surface area contributed by atoms with Crippen molar-refractivity contribution in [3.05, 3.63) is 24.3 Å². The molecule has 0 saturated carbocycles. The molecule has 2 saturated heterocycles. The van der Waals surface area contributed by atoms with Gasteiger partial charge in [0.05, 0.1) is 17.1 Å². The fraction of sp³-hybridized carbons (Fsp3) is 0.471. The number of hydrogen-bond donors (Lipinski definition) is 1. The number of benzene rings is 1. The van der Waals surface area contributed by atoms with Gasteiger partial charge in [-0.3, -0.25) is 19.3 Å². The van der Waals surface area contributed by atoms with Gasteiger partial charge in [0, 0.05) is 39.0 Å². The van der Waals surface area contributed by atoms with Crippen molar-refractivity contribution < 1.29 is 22.8 Å². The molecule has 3 rings (SSSR count). The first kappa shape index (κ1) is 19.5. The summed E-state index contributed by atoms with van der Waals surface area (Å²) in [6.45, 7) is 2.35. The van der Waals surface area contributed by atoms with Crippen LogP contribution in [0.25, 0.3) is 0 Å². The number of imide groups is 1. The van der Waals surface area contributed by atoms with Crippen molar-refractivity contribution in [3.8, 4) is 0 Å². The van der Waals surface area contributed by atoms with Gasteiger partial charge in [0.2, 0.25) is 27.7 Å². The van der Waals surface area contributed by atoms with E-state index in [9.17, 15) is 22.8 Å². The molecule has 3 amide bonds. The number of piperazine rings is 1. The van der Waals surface area contributed by atoms with Crippen LogP contribution in [0.15, 0.2) is 29.2 Å². The number of carbonyl (C=O) groups is 3. The topological polar surface area (TPSA) is 107 Å². The third-order valence-electron chi connectivity index (χ3n) is 4.73.